The fourth-order valence-electron chi connectivity index (χ4n) is 2.42. The van der Waals surface area contributed by atoms with E-state index in [4.69, 9.17) is 0 Å². The Labute approximate surface area is 144 Å². The molecule has 0 radical (unpaired) electrons. The van der Waals surface area contributed by atoms with Gasteiger partial charge < -0.3 is 14.5 Å². The maximum absolute atomic E-state index is 10.9. The van der Waals surface area contributed by atoms with Gasteiger partial charge >= 0.3 is 0 Å². The minimum atomic E-state index is -1.16. The molecular weight excluding hydrogens is 322 g/mol. The number of benzene rings is 2. The lowest BCUT2D eigenvalue weighted by molar-refractivity contribution is -0.255. The van der Waals surface area contributed by atoms with Crippen molar-refractivity contribution in [1.29, 1.82) is 0 Å². The summed E-state index contributed by atoms with van der Waals surface area (Å²) in [5, 5.41) is 20.3. The summed E-state index contributed by atoms with van der Waals surface area (Å²) in [6.45, 7) is 2.81. The number of nitrogens with zero attached hydrogens (tertiary/aromatic N) is 3. The molecule has 0 bridgehead atoms. The van der Waals surface area contributed by atoms with Crippen LogP contribution in [0.25, 0.3) is 11.4 Å². The van der Waals surface area contributed by atoms with Gasteiger partial charge in [0.05, 0.1) is 5.97 Å². The minimum absolute atomic E-state index is 0.190. The van der Waals surface area contributed by atoms with Crippen LogP contribution in [-0.2, 0) is 12.3 Å². The summed E-state index contributed by atoms with van der Waals surface area (Å²) in [5.41, 5.74) is 2.13. The monoisotopic (exact) mass is 338 g/mol. The molecule has 0 saturated carbocycles. The van der Waals surface area contributed by atoms with Crippen molar-refractivity contribution < 1.29 is 9.90 Å². The van der Waals surface area contributed by atoms with Crippen molar-refractivity contribution >= 4 is 17.7 Å². The summed E-state index contributed by atoms with van der Waals surface area (Å²) in [5.74, 6) is 0.294. The first-order valence-corrected chi connectivity index (χ1v) is 8.59. The molecule has 0 N–H and O–H groups in total. The smallest absolute Gasteiger partial charge is 0.191 e. The van der Waals surface area contributed by atoms with E-state index in [1.54, 1.807) is 12.1 Å². The first-order valence-electron chi connectivity index (χ1n) is 7.60. The molecule has 0 fully saturated rings. The van der Waals surface area contributed by atoms with Crippen LogP contribution in [0.5, 0.6) is 0 Å². The molecule has 0 unspecified atom stereocenters. The largest absolute Gasteiger partial charge is 0.545 e. The van der Waals surface area contributed by atoms with E-state index in [0.29, 0.717) is 5.75 Å². The summed E-state index contributed by atoms with van der Waals surface area (Å²) in [4.78, 5) is 10.9. The Morgan fingerprint density at radius 1 is 1.12 bits per heavy atom. The SMILES string of the molecule is CCn1c(SCc2cccc(C(=O)[O-])c2)nnc1-c1ccccc1. The average molecular weight is 338 g/mol. The summed E-state index contributed by atoms with van der Waals surface area (Å²) < 4.78 is 2.06. The molecule has 0 saturated heterocycles. The van der Waals surface area contributed by atoms with Gasteiger partial charge in [-0.1, -0.05) is 60.3 Å². The number of hydrogen-bond donors (Lipinski definition) is 0. The minimum Gasteiger partial charge on any atom is -0.545 e. The van der Waals surface area contributed by atoms with Gasteiger partial charge in [0.2, 0.25) is 0 Å². The molecule has 2 aromatic carbocycles. The van der Waals surface area contributed by atoms with Crippen molar-refractivity contribution in [3.05, 3.63) is 65.7 Å². The maximum atomic E-state index is 10.9. The van der Waals surface area contributed by atoms with Crippen LogP contribution in [0.4, 0.5) is 0 Å². The van der Waals surface area contributed by atoms with Crippen molar-refractivity contribution in [1.82, 2.24) is 14.8 Å². The van der Waals surface area contributed by atoms with Crippen LogP contribution < -0.4 is 5.11 Å². The fourth-order valence-corrected chi connectivity index (χ4v) is 3.36. The third-order valence-corrected chi connectivity index (χ3v) is 4.63. The van der Waals surface area contributed by atoms with E-state index in [-0.39, 0.29) is 5.56 Å². The van der Waals surface area contributed by atoms with Gasteiger partial charge in [-0.2, -0.15) is 0 Å². The van der Waals surface area contributed by atoms with Crippen molar-refractivity contribution in [2.45, 2.75) is 24.4 Å². The summed E-state index contributed by atoms with van der Waals surface area (Å²) in [7, 11) is 0. The van der Waals surface area contributed by atoms with Crippen LogP contribution in [0.2, 0.25) is 0 Å². The van der Waals surface area contributed by atoms with Gasteiger partial charge in [-0.3, -0.25) is 0 Å². The summed E-state index contributed by atoms with van der Waals surface area (Å²) >= 11 is 1.54. The first kappa shape index (κ1) is 16.3. The Bertz CT molecular complexity index is 846. The van der Waals surface area contributed by atoms with Crippen molar-refractivity contribution in [2.24, 2.45) is 0 Å². The molecule has 122 valence electrons. The van der Waals surface area contributed by atoms with Crippen LogP contribution >= 0.6 is 11.8 Å². The number of aromatic carboxylic acids is 1. The van der Waals surface area contributed by atoms with Gasteiger partial charge in [-0.15, -0.1) is 10.2 Å². The van der Waals surface area contributed by atoms with Crippen LogP contribution in [-0.4, -0.2) is 20.7 Å². The Morgan fingerprint density at radius 3 is 2.62 bits per heavy atom. The quantitative estimate of drug-likeness (QED) is 0.646. The zero-order valence-corrected chi connectivity index (χ0v) is 14.0. The van der Waals surface area contributed by atoms with Gasteiger partial charge in [0.1, 0.15) is 0 Å². The molecule has 0 atom stereocenters. The van der Waals surface area contributed by atoms with Gasteiger partial charge in [-0.05, 0) is 24.1 Å². The van der Waals surface area contributed by atoms with Crippen LogP contribution in [0.15, 0.2) is 59.8 Å². The van der Waals surface area contributed by atoms with E-state index >= 15 is 0 Å². The average Bonchev–Trinajstić information content (AvgIpc) is 3.04. The van der Waals surface area contributed by atoms with Crippen molar-refractivity contribution in [3.8, 4) is 11.4 Å². The van der Waals surface area contributed by atoms with Crippen molar-refractivity contribution in [2.75, 3.05) is 0 Å². The Balaban J connectivity index is 1.80. The molecule has 1 heterocycles. The fraction of sp³-hybridized carbons (Fsp3) is 0.167. The van der Waals surface area contributed by atoms with Crippen LogP contribution in [0.3, 0.4) is 0 Å². The normalized spacial score (nSPS) is 10.7. The molecule has 3 aromatic rings. The van der Waals surface area contributed by atoms with Gasteiger partial charge in [0.25, 0.3) is 0 Å². The van der Waals surface area contributed by atoms with Crippen molar-refractivity contribution in [3.63, 3.8) is 0 Å². The molecule has 1 aromatic heterocycles. The standard InChI is InChI=1S/C18H17N3O2S/c1-2-21-16(14-8-4-3-5-9-14)19-20-18(21)24-12-13-7-6-10-15(11-13)17(22)23/h3-11H,2,12H2,1H3,(H,22,23)/p-1. The highest BCUT2D eigenvalue weighted by atomic mass is 32.2. The second-order valence-electron chi connectivity index (χ2n) is 5.19. The van der Waals surface area contributed by atoms with Gasteiger partial charge in [-0.25, -0.2) is 0 Å². The van der Waals surface area contributed by atoms with E-state index in [2.05, 4.69) is 21.7 Å². The highest BCUT2D eigenvalue weighted by Gasteiger charge is 2.13. The summed E-state index contributed by atoms with van der Waals surface area (Å²) in [6, 6.07) is 16.7. The highest BCUT2D eigenvalue weighted by molar-refractivity contribution is 7.98. The lowest BCUT2D eigenvalue weighted by Crippen LogP contribution is -2.22. The molecule has 0 aliphatic rings. The molecular formula is C18H16N3O2S-. The van der Waals surface area contributed by atoms with E-state index in [1.165, 1.54) is 17.8 Å². The number of hydrogen-bond acceptors (Lipinski definition) is 5. The Kier molecular flexibility index (Phi) is 4.96. The number of carboxylic acids is 1. The molecule has 6 heteroatoms. The number of carbonyl (C=O) groups excluding carboxylic acids is 1. The van der Waals surface area contributed by atoms with Gasteiger partial charge in [0, 0.05) is 17.9 Å². The Hall–Kier alpha value is -2.60. The summed E-state index contributed by atoms with van der Waals surface area (Å²) in [6.07, 6.45) is 0. The molecule has 0 amide bonds. The molecule has 5 nitrogen and oxygen atoms in total. The molecule has 0 spiro atoms. The highest BCUT2D eigenvalue weighted by Crippen LogP contribution is 2.26. The molecule has 24 heavy (non-hydrogen) atoms. The number of carbonyl (C=O) groups is 1. The lowest BCUT2D eigenvalue weighted by Gasteiger charge is -2.08. The third kappa shape index (κ3) is 3.49. The topological polar surface area (TPSA) is 70.8 Å². The number of carboxylic acid groups (broad SMARTS) is 1. The number of rotatable bonds is 6. The number of aromatic nitrogens is 3. The zero-order chi connectivity index (χ0) is 16.9. The molecule has 0 aliphatic heterocycles. The lowest BCUT2D eigenvalue weighted by atomic mass is 10.1. The number of thioether (sulfide) groups is 1. The zero-order valence-electron chi connectivity index (χ0n) is 13.2. The molecule has 3 rings (SSSR count). The van der Waals surface area contributed by atoms with E-state index in [9.17, 15) is 9.90 Å². The Morgan fingerprint density at radius 2 is 1.92 bits per heavy atom. The van der Waals surface area contributed by atoms with Crippen LogP contribution in [0.1, 0.15) is 22.8 Å². The maximum Gasteiger partial charge on any atom is 0.191 e. The predicted octanol–water partition coefficient (Wildman–Crippen LogP) is 2.62. The van der Waals surface area contributed by atoms with Gasteiger partial charge in [0.15, 0.2) is 11.0 Å². The molecule has 0 aliphatic carbocycles. The van der Waals surface area contributed by atoms with E-state index < -0.39 is 5.97 Å². The van der Waals surface area contributed by atoms with E-state index in [0.717, 1.165) is 28.7 Å². The predicted molar refractivity (Wildman–Crippen MR) is 91.5 cm³/mol. The first-order chi connectivity index (χ1) is 11.7. The van der Waals surface area contributed by atoms with E-state index in [1.807, 2.05) is 36.4 Å². The third-order valence-electron chi connectivity index (χ3n) is 3.60. The van der Waals surface area contributed by atoms with Crippen LogP contribution in [0, 0.1) is 0 Å². The second kappa shape index (κ2) is 7.31. The second-order valence-corrected chi connectivity index (χ2v) is 6.14.